The molecule has 2 heterocycles. The molecule has 4 heteroatoms. The van der Waals surface area contributed by atoms with Gasteiger partial charge in [-0.05, 0) is 12.8 Å². The molecule has 0 aromatic carbocycles. The lowest BCUT2D eigenvalue weighted by molar-refractivity contribution is -0.119. The van der Waals surface area contributed by atoms with E-state index in [1.807, 2.05) is 0 Å². The molecule has 2 rings (SSSR count). The number of piperidine rings is 1. The van der Waals surface area contributed by atoms with E-state index < -0.39 is 0 Å². The first kappa shape index (κ1) is 11.0. The second-order valence-electron chi connectivity index (χ2n) is 4.46. The molecule has 1 aromatic rings. The van der Waals surface area contributed by atoms with Crippen molar-refractivity contribution in [1.29, 1.82) is 0 Å². The summed E-state index contributed by atoms with van der Waals surface area (Å²) in [5, 5.41) is 0. The summed E-state index contributed by atoms with van der Waals surface area (Å²) in [6.07, 6.45) is 6.22. The molecular formula is C12H17N3O. The number of rotatable bonds is 2. The van der Waals surface area contributed by atoms with Gasteiger partial charge in [0, 0.05) is 18.9 Å². The van der Waals surface area contributed by atoms with Crippen LogP contribution in [0.4, 0.5) is 5.69 Å². The molecule has 0 radical (unpaired) electrons. The zero-order chi connectivity index (χ0) is 11.5. The van der Waals surface area contributed by atoms with Crippen LogP contribution in [0, 0.1) is 0 Å². The molecular weight excluding hydrogens is 202 g/mol. The van der Waals surface area contributed by atoms with Gasteiger partial charge in [0.1, 0.15) is 5.82 Å². The molecule has 1 aromatic heterocycles. The molecule has 0 aliphatic carbocycles. The zero-order valence-electron chi connectivity index (χ0n) is 9.81. The van der Waals surface area contributed by atoms with Gasteiger partial charge in [-0.2, -0.15) is 0 Å². The number of aromatic nitrogens is 2. The topological polar surface area (TPSA) is 46.1 Å². The van der Waals surface area contributed by atoms with Crippen molar-refractivity contribution in [2.24, 2.45) is 0 Å². The van der Waals surface area contributed by atoms with E-state index in [4.69, 9.17) is 0 Å². The van der Waals surface area contributed by atoms with Gasteiger partial charge >= 0.3 is 0 Å². The van der Waals surface area contributed by atoms with Gasteiger partial charge in [-0.15, -0.1) is 0 Å². The van der Waals surface area contributed by atoms with Gasteiger partial charge in [0.25, 0.3) is 0 Å². The average molecular weight is 219 g/mol. The quantitative estimate of drug-likeness (QED) is 0.765. The third kappa shape index (κ3) is 2.21. The Morgan fingerprint density at radius 1 is 1.25 bits per heavy atom. The van der Waals surface area contributed by atoms with E-state index in [9.17, 15) is 4.79 Å². The van der Waals surface area contributed by atoms with Gasteiger partial charge in [-0.1, -0.05) is 13.8 Å². The Labute approximate surface area is 95.7 Å². The van der Waals surface area contributed by atoms with Crippen molar-refractivity contribution in [3.63, 3.8) is 0 Å². The van der Waals surface area contributed by atoms with Crippen LogP contribution in [0.25, 0.3) is 0 Å². The minimum Gasteiger partial charge on any atom is -0.310 e. The van der Waals surface area contributed by atoms with E-state index in [0.29, 0.717) is 12.3 Å². The van der Waals surface area contributed by atoms with Crippen LogP contribution >= 0.6 is 0 Å². The normalized spacial score (nSPS) is 16.9. The van der Waals surface area contributed by atoms with Crippen molar-refractivity contribution in [2.75, 3.05) is 11.4 Å². The highest BCUT2D eigenvalue weighted by molar-refractivity contribution is 5.93. The smallest absolute Gasteiger partial charge is 0.227 e. The number of carbonyl (C=O) groups is 1. The molecule has 0 atom stereocenters. The molecule has 1 aliphatic rings. The first-order valence-electron chi connectivity index (χ1n) is 5.81. The third-order valence-corrected chi connectivity index (χ3v) is 2.81. The molecule has 0 spiro atoms. The van der Waals surface area contributed by atoms with Crippen LogP contribution in [-0.2, 0) is 4.79 Å². The Morgan fingerprint density at radius 3 is 2.50 bits per heavy atom. The van der Waals surface area contributed by atoms with Crippen LogP contribution in [0.5, 0.6) is 0 Å². The maximum Gasteiger partial charge on any atom is 0.227 e. The highest BCUT2D eigenvalue weighted by atomic mass is 16.2. The molecule has 1 amide bonds. The maximum atomic E-state index is 11.7. The molecule has 0 saturated carbocycles. The monoisotopic (exact) mass is 219 g/mol. The minimum atomic E-state index is 0.187. The van der Waals surface area contributed by atoms with Crippen LogP contribution in [0.2, 0.25) is 0 Å². The van der Waals surface area contributed by atoms with E-state index in [0.717, 1.165) is 30.9 Å². The Balaban J connectivity index is 2.17. The number of hydrogen-bond donors (Lipinski definition) is 0. The second-order valence-corrected chi connectivity index (χ2v) is 4.46. The molecule has 1 fully saturated rings. The van der Waals surface area contributed by atoms with E-state index in [2.05, 4.69) is 23.8 Å². The Morgan fingerprint density at radius 2 is 1.94 bits per heavy atom. The number of hydrogen-bond acceptors (Lipinski definition) is 3. The standard InChI is InChI=1S/C12H17N3O/c1-9(2)12-13-7-10(8-14-12)15-6-4-3-5-11(15)16/h7-9H,3-6H2,1-2H3. The lowest BCUT2D eigenvalue weighted by atomic mass is 10.1. The first-order chi connectivity index (χ1) is 7.68. The van der Waals surface area contributed by atoms with Gasteiger partial charge in [-0.3, -0.25) is 4.79 Å². The number of anilines is 1. The van der Waals surface area contributed by atoms with Crippen molar-refractivity contribution < 1.29 is 4.79 Å². The summed E-state index contributed by atoms with van der Waals surface area (Å²) < 4.78 is 0. The summed E-state index contributed by atoms with van der Waals surface area (Å²) >= 11 is 0. The van der Waals surface area contributed by atoms with Gasteiger partial charge in [-0.25, -0.2) is 9.97 Å². The Hall–Kier alpha value is -1.45. The molecule has 86 valence electrons. The Kier molecular flexibility index (Phi) is 3.17. The van der Waals surface area contributed by atoms with Crippen LogP contribution in [0.1, 0.15) is 44.9 Å². The number of amides is 1. The van der Waals surface area contributed by atoms with Crippen LogP contribution in [0.15, 0.2) is 12.4 Å². The van der Waals surface area contributed by atoms with Gasteiger partial charge < -0.3 is 4.90 Å². The van der Waals surface area contributed by atoms with Crippen molar-refractivity contribution in [1.82, 2.24) is 9.97 Å². The molecule has 1 aliphatic heterocycles. The summed E-state index contributed by atoms with van der Waals surface area (Å²) in [7, 11) is 0. The molecule has 4 nitrogen and oxygen atoms in total. The maximum absolute atomic E-state index is 11.7. The SMILES string of the molecule is CC(C)c1ncc(N2CCCCC2=O)cn1. The van der Waals surface area contributed by atoms with E-state index in [-0.39, 0.29) is 5.91 Å². The summed E-state index contributed by atoms with van der Waals surface area (Å²) in [6.45, 7) is 4.91. The van der Waals surface area contributed by atoms with Crippen molar-refractivity contribution in [2.45, 2.75) is 39.0 Å². The van der Waals surface area contributed by atoms with E-state index >= 15 is 0 Å². The lowest BCUT2D eigenvalue weighted by Gasteiger charge is -2.26. The highest BCUT2D eigenvalue weighted by Gasteiger charge is 2.20. The first-order valence-corrected chi connectivity index (χ1v) is 5.81. The predicted molar refractivity (Wildman–Crippen MR) is 62.3 cm³/mol. The summed E-state index contributed by atoms with van der Waals surface area (Å²) in [4.78, 5) is 22.0. The van der Waals surface area contributed by atoms with Crippen LogP contribution < -0.4 is 4.90 Å². The van der Waals surface area contributed by atoms with Gasteiger partial charge in [0.05, 0.1) is 18.1 Å². The fourth-order valence-electron chi connectivity index (χ4n) is 1.85. The molecule has 0 N–H and O–H groups in total. The lowest BCUT2D eigenvalue weighted by Crippen LogP contribution is -2.35. The van der Waals surface area contributed by atoms with Crippen LogP contribution in [0.3, 0.4) is 0 Å². The van der Waals surface area contributed by atoms with Crippen molar-refractivity contribution in [3.05, 3.63) is 18.2 Å². The summed E-state index contributed by atoms with van der Waals surface area (Å²) in [6, 6.07) is 0. The highest BCUT2D eigenvalue weighted by Crippen LogP contribution is 2.20. The number of nitrogens with zero attached hydrogens (tertiary/aromatic N) is 3. The Bertz CT molecular complexity index is 372. The zero-order valence-corrected chi connectivity index (χ0v) is 9.81. The summed E-state index contributed by atoms with van der Waals surface area (Å²) in [5.41, 5.74) is 0.828. The molecule has 0 bridgehead atoms. The fourth-order valence-corrected chi connectivity index (χ4v) is 1.85. The fraction of sp³-hybridized carbons (Fsp3) is 0.583. The summed E-state index contributed by atoms with van der Waals surface area (Å²) in [5.74, 6) is 1.34. The largest absolute Gasteiger partial charge is 0.310 e. The van der Waals surface area contributed by atoms with Crippen LogP contribution in [-0.4, -0.2) is 22.4 Å². The third-order valence-electron chi connectivity index (χ3n) is 2.81. The molecule has 16 heavy (non-hydrogen) atoms. The predicted octanol–water partition coefficient (Wildman–Crippen LogP) is 2.12. The molecule has 1 saturated heterocycles. The van der Waals surface area contributed by atoms with Crippen molar-refractivity contribution in [3.8, 4) is 0 Å². The molecule has 0 unspecified atom stereocenters. The minimum absolute atomic E-state index is 0.187. The number of carbonyl (C=O) groups excluding carboxylic acids is 1. The van der Waals surface area contributed by atoms with Crippen molar-refractivity contribution >= 4 is 11.6 Å². The average Bonchev–Trinajstić information content (AvgIpc) is 2.30. The van der Waals surface area contributed by atoms with Gasteiger partial charge in [0.2, 0.25) is 5.91 Å². The van der Waals surface area contributed by atoms with E-state index in [1.165, 1.54) is 0 Å². The van der Waals surface area contributed by atoms with E-state index in [1.54, 1.807) is 17.3 Å². The van der Waals surface area contributed by atoms with Gasteiger partial charge in [0.15, 0.2) is 0 Å². The second kappa shape index (κ2) is 4.60.